The summed E-state index contributed by atoms with van der Waals surface area (Å²) in [4.78, 5) is 16.3. The molecule has 0 aromatic carbocycles. The molecule has 15 heavy (non-hydrogen) atoms. The SMILES string of the molecule is CCN1CCCN(C)C(CCNC)C1=O. The summed E-state index contributed by atoms with van der Waals surface area (Å²) in [6.45, 7) is 5.73. The predicted octanol–water partition coefficient (Wildman–Crippen LogP) is 0.149. The maximum atomic E-state index is 12.1. The highest BCUT2D eigenvalue weighted by atomic mass is 16.2. The van der Waals surface area contributed by atoms with E-state index in [1.54, 1.807) is 0 Å². The highest BCUT2D eigenvalue weighted by Crippen LogP contribution is 2.12. The van der Waals surface area contributed by atoms with E-state index in [0.29, 0.717) is 5.91 Å². The van der Waals surface area contributed by atoms with Gasteiger partial charge in [0.2, 0.25) is 5.91 Å². The second-order valence-corrected chi connectivity index (χ2v) is 4.16. The van der Waals surface area contributed by atoms with Crippen LogP contribution in [0.1, 0.15) is 19.8 Å². The average molecular weight is 213 g/mol. The molecule has 1 heterocycles. The Labute approximate surface area is 92.6 Å². The van der Waals surface area contributed by atoms with Crippen molar-refractivity contribution in [3.05, 3.63) is 0 Å². The van der Waals surface area contributed by atoms with Crippen LogP contribution in [0.4, 0.5) is 0 Å². The lowest BCUT2D eigenvalue weighted by Gasteiger charge is -2.27. The quantitative estimate of drug-likeness (QED) is 0.722. The van der Waals surface area contributed by atoms with Crippen LogP contribution in [0.3, 0.4) is 0 Å². The van der Waals surface area contributed by atoms with E-state index >= 15 is 0 Å². The Morgan fingerprint density at radius 3 is 2.80 bits per heavy atom. The van der Waals surface area contributed by atoms with Crippen molar-refractivity contribution in [1.82, 2.24) is 15.1 Å². The molecule has 1 amide bonds. The third-order valence-electron chi connectivity index (χ3n) is 3.12. The molecule has 88 valence electrons. The van der Waals surface area contributed by atoms with Crippen molar-refractivity contribution < 1.29 is 4.79 Å². The van der Waals surface area contributed by atoms with E-state index in [0.717, 1.165) is 39.0 Å². The zero-order chi connectivity index (χ0) is 11.3. The molecule has 1 aliphatic rings. The van der Waals surface area contributed by atoms with Crippen LogP contribution in [0.25, 0.3) is 0 Å². The molecule has 1 saturated heterocycles. The minimum absolute atomic E-state index is 0.0694. The Bertz CT molecular complexity index is 208. The molecule has 1 unspecified atom stereocenters. The maximum Gasteiger partial charge on any atom is 0.239 e. The Hall–Kier alpha value is -0.610. The molecule has 1 rings (SSSR count). The summed E-state index contributed by atoms with van der Waals surface area (Å²) in [5, 5.41) is 3.11. The number of nitrogens with zero attached hydrogens (tertiary/aromatic N) is 2. The number of hydrogen-bond acceptors (Lipinski definition) is 3. The van der Waals surface area contributed by atoms with Crippen LogP contribution < -0.4 is 5.32 Å². The molecule has 1 fully saturated rings. The topological polar surface area (TPSA) is 35.6 Å². The largest absolute Gasteiger partial charge is 0.342 e. The Kier molecular flexibility index (Phi) is 5.05. The lowest BCUT2D eigenvalue weighted by atomic mass is 10.1. The van der Waals surface area contributed by atoms with Gasteiger partial charge in [-0.05, 0) is 40.4 Å². The molecule has 0 bridgehead atoms. The maximum absolute atomic E-state index is 12.1. The van der Waals surface area contributed by atoms with Crippen LogP contribution in [0, 0.1) is 0 Å². The minimum Gasteiger partial charge on any atom is -0.342 e. The van der Waals surface area contributed by atoms with Crippen LogP contribution >= 0.6 is 0 Å². The number of nitrogens with one attached hydrogen (secondary N) is 1. The van der Waals surface area contributed by atoms with Gasteiger partial charge >= 0.3 is 0 Å². The smallest absolute Gasteiger partial charge is 0.239 e. The van der Waals surface area contributed by atoms with E-state index in [1.165, 1.54) is 0 Å². The summed E-state index contributed by atoms with van der Waals surface area (Å²) in [7, 11) is 3.98. The summed E-state index contributed by atoms with van der Waals surface area (Å²) in [5.74, 6) is 0.299. The van der Waals surface area contributed by atoms with Gasteiger partial charge in [-0.2, -0.15) is 0 Å². The van der Waals surface area contributed by atoms with Crippen molar-refractivity contribution in [2.75, 3.05) is 40.3 Å². The molecular formula is C11H23N3O. The van der Waals surface area contributed by atoms with Crippen molar-refractivity contribution >= 4 is 5.91 Å². The second kappa shape index (κ2) is 6.08. The van der Waals surface area contributed by atoms with Crippen molar-refractivity contribution in [3.63, 3.8) is 0 Å². The summed E-state index contributed by atoms with van der Waals surface area (Å²) in [6.07, 6.45) is 1.99. The molecule has 4 heteroatoms. The summed E-state index contributed by atoms with van der Waals surface area (Å²) >= 11 is 0. The normalized spacial score (nSPS) is 24.3. The van der Waals surface area contributed by atoms with E-state index in [2.05, 4.69) is 24.2 Å². The van der Waals surface area contributed by atoms with Crippen LogP contribution in [0.15, 0.2) is 0 Å². The first-order valence-electron chi connectivity index (χ1n) is 5.84. The number of hydrogen-bond donors (Lipinski definition) is 1. The van der Waals surface area contributed by atoms with Gasteiger partial charge < -0.3 is 10.2 Å². The first kappa shape index (κ1) is 12.5. The lowest BCUT2D eigenvalue weighted by molar-refractivity contribution is -0.135. The Morgan fingerprint density at radius 2 is 2.20 bits per heavy atom. The van der Waals surface area contributed by atoms with Gasteiger partial charge in [0.05, 0.1) is 6.04 Å². The van der Waals surface area contributed by atoms with Gasteiger partial charge in [-0.25, -0.2) is 0 Å². The van der Waals surface area contributed by atoms with Crippen LogP contribution in [0.5, 0.6) is 0 Å². The van der Waals surface area contributed by atoms with Crippen LogP contribution in [-0.4, -0.2) is 62.0 Å². The highest BCUT2D eigenvalue weighted by molar-refractivity contribution is 5.82. The fourth-order valence-electron chi connectivity index (χ4n) is 2.12. The molecule has 0 spiro atoms. The number of likely N-dealkylation sites (N-methyl/N-ethyl adjacent to an activating group) is 2. The number of rotatable bonds is 4. The molecule has 0 aromatic heterocycles. The van der Waals surface area contributed by atoms with Crippen molar-refractivity contribution in [3.8, 4) is 0 Å². The van der Waals surface area contributed by atoms with Crippen LogP contribution in [-0.2, 0) is 4.79 Å². The number of carbonyl (C=O) groups excluding carboxylic acids is 1. The number of carbonyl (C=O) groups is 1. The summed E-state index contributed by atoms with van der Waals surface area (Å²) in [6, 6.07) is 0.0694. The van der Waals surface area contributed by atoms with Crippen LogP contribution in [0.2, 0.25) is 0 Å². The molecule has 0 aliphatic carbocycles. The predicted molar refractivity (Wildman–Crippen MR) is 61.8 cm³/mol. The van der Waals surface area contributed by atoms with Gasteiger partial charge in [0, 0.05) is 19.6 Å². The van der Waals surface area contributed by atoms with Crippen molar-refractivity contribution in [2.45, 2.75) is 25.8 Å². The van der Waals surface area contributed by atoms with Gasteiger partial charge in [-0.15, -0.1) is 0 Å². The number of amides is 1. The molecule has 1 N–H and O–H groups in total. The Balaban J connectivity index is 2.64. The zero-order valence-corrected chi connectivity index (χ0v) is 10.1. The van der Waals surface area contributed by atoms with E-state index in [4.69, 9.17) is 0 Å². The van der Waals surface area contributed by atoms with E-state index < -0.39 is 0 Å². The molecular weight excluding hydrogens is 190 g/mol. The van der Waals surface area contributed by atoms with E-state index in [-0.39, 0.29) is 6.04 Å². The zero-order valence-electron chi connectivity index (χ0n) is 10.1. The minimum atomic E-state index is 0.0694. The third kappa shape index (κ3) is 3.18. The lowest BCUT2D eigenvalue weighted by Crippen LogP contribution is -2.45. The Morgan fingerprint density at radius 1 is 1.47 bits per heavy atom. The monoisotopic (exact) mass is 213 g/mol. The first-order valence-corrected chi connectivity index (χ1v) is 5.84. The molecule has 0 radical (unpaired) electrons. The fraction of sp³-hybridized carbons (Fsp3) is 0.909. The van der Waals surface area contributed by atoms with Gasteiger partial charge in [-0.1, -0.05) is 0 Å². The second-order valence-electron chi connectivity index (χ2n) is 4.16. The third-order valence-corrected chi connectivity index (χ3v) is 3.12. The fourth-order valence-corrected chi connectivity index (χ4v) is 2.12. The molecule has 0 aromatic rings. The molecule has 1 aliphatic heterocycles. The highest BCUT2D eigenvalue weighted by Gasteiger charge is 2.28. The van der Waals surface area contributed by atoms with E-state index in [1.807, 2.05) is 11.9 Å². The van der Waals surface area contributed by atoms with Gasteiger partial charge in [0.1, 0.15) is 0 Å². The molecule has 0 saturated carbocycles. The molecule has 1 atom stereocenters. The average Bonchev–Trinajstić information content (AvgIpc) is 2.36. The van der Waals surface area contributed by atoms with Gasteiger partial charge in [-0.3, -0.25) is 9.69 Å². The van der Waals surface area contributed by atoms with Gasteiger partial charge in [0.15, 0.2) is 0 Å². The van der Waals surface area contributed by atoms with E-state index in [9.17, 15) is 4.79 Å². The molecule has 4 nitrogen and oxygen atoms in total. The van der Waals surface area contributed by atoms with Crippen molar-refractivity contribution in [2.24, 2.45) is 0 Å². The first-order chi connectivity index (χ1) is 7.20. The summed E-state index contributed by atoms with van der Waals surface area (Å²) in [5.41, 5.74) is 0. The standard InChI is InChI=1S/C11H23N3O/c1-4-14-9-5-8-13(3)10(11(14)15)6-7-12-2/h10,12H,4-9H2,1-3H3. The summed E-state index contributed by atoms with van der Waals surface area (Å²) < 4.78 is 0. The van der Waals surface area contributed by atoms with Crippen molar-refractivity contribution in [1.29, 1.82) is 0 Å². The van der Waals surface area contributed by atoms with Gasteiger partial charge in [0.25, 0.3) is 0 Å².